The van der Waals surface area contributed by atoms with Crippen LogP contribution in [0, 0.1) is 0 Å². The molecule has 0 unspecified atom stereocenters. The molecule has 1 saturated carbocycles. The molecule has 0 radical (unpaired) electrons. The van der Waals surface area contributed by atoms with E-state index in [1.54, 1.807) is 17.6 Å². The molecule has 1 aromatic heterocycles. The highest BCUT2D eigenvalue weighted by Crippen LogP contribution is 2.31. The molecule has 156 valence electrons. The Kier molecular flexibility index (Phi) is 7.30. The van der Waals surface area contributed by atoms with E-state index in [0.29, 0.717) is 22.6 Å². The number of carbonyl (C=O) groups is 2. The highest BCUT2D eigenvalue weighted by Gasteiger charge is 2.23. The van der Waals surface area contributed by atoms with Gasteiger partial charge in [-0.2, -0.15) is 0 Å². The van der Waals surface area contributed by atoms with Gasteiger partial charge in [-0.1, -0.05) is 43.2 Å². The minimum absolute atomic E-state index is 0.0406. The third kappa shape index (κ3) is 5.18. The first-order valence-corrected chi connectivity index (χ1v) is 11.2. The number of hydrogen-bond donors (Lipinski definition) is 2. The van der Waals surface area contributed by atoms with Gasteiger partial charge in [-0.05, 0) is 38.8 Å². The highest BCUT2D eigenvalue weighted by molar-refractivity contribution is 7.99. The Labute approximate surface area is 174 Å². The molecule has 1 aromatic carbocycles. The maximum atomic E-state index is 13.2. The number of benzene rings is 1. The first kappa shape index (κ1) is 21.4. The summed E-state index contributed by atoms with van der Waals surface area (Å²) in [4.78, 5) is 42.0. The summed E-state index contributed by atoms with van der Waals surface area (Å²) in [5.41, 5.74) is 0.601. The molecule has 0 bridgehead atoms. The van der Waals surface area contributed by atoms with E-state index in [0.717, 1.165) is 25.7 Å². The second-order valence-corrected chi connectivity index (χ2v) is 8.29. The number of nitrogens with zero attached hydrogens (tertiary/aromatic N) is 2. The summed E-state index contributed by atoms with van der Waals surface area (Å²) in [6.45, 7) is 4.00. The van der Waals surface area contributed by atoms with E-state index >= 15 is 0 Å². The van der Waals surface area contributed by atoms with E-state index < -0.39 is 6.04 Å². The fraction of sp³-hybridized carbons (Fsp3) is 0.524. The van der Waals surface area contributed by atoms with Gasteiger partial charge in [-0.3, -0.25) is 19.0 Å². The number of amides is 2. The van der Waals surface area contributed by atoms with Crippen LogP contribution in [0.4, 0.5) is 0 Å². The van der Waals surface area contributed by atoms with Crippen LogP contribution in [-0.2, 0) is 9.59 Å². The highest BCUT2D eigenvalue weighted by atomic mass is 32.2. The number of nitrogens with one attached hydrogen (secondary N) is 2. The Bertz CT molecular complexity index is 937. The van der Waals surface area contributed by atoms with Crippen molar-refractivity contribution in [2.75, 3.05) is 12.3 Å². The Morgan fingerprint density at radius 3 is 2.69 bits per heavy atom. The SMILES string of the molecule is CCNC(=O)[C@H](C)NC(=O)CSc1nc2ccccc2c(=O)n1C1CCCCC1. The summed E-state index contributed by atoms with van der Waals surface area (Å²) >= 11 is 1.25. The van der Waals surface area contributed by atoms with Gasteiger partial charge in [0.05, 0.1) is 16.7 Å². The molecule has 1 aliphatic carbocycles. The molecule has 2 aromatic rings. The van der Waals surface area contributed by atoms with Crippen LogP contribution in [-0.4, -0.2) is 39.7 Å². The van der Waals surface area contributed by atoms with E-state index in [9.17, 15) is 14.4 Å². The number of thioether (sulfide) groups is 1. The van der Waals surface area contributed by atoms with Crippen LogP contribution in [0.3, 0.4) is 0 Å². The minimum Gasteiger partial charge on any atom is -0.355 e. The molecule has 0 saturated heterocycles. The number of carbonyl (C=O) groups excluding carboxylic acids is 2. The molecule has 1 fully saturated rings. The van der Waals surface area contributed by atoms with Crippen LogP contribution in [0.15, 0.2) is 34.2 Å². The van der Waals surface area contributed by atoms with Crippen molar-refractivity contribution in [1.29, 1.82) is 0 Å². The number of aromatic nitrogens is 2. The summed E-state index contributed by atoms with van der Waals surface area (Å²) < 4.78 is 1.78. The fourth-order valence-corrected chi connectivity index (χ4v) is 4.57. The van der Waals surface area contributed by atoms with Crippen molar-refractivity contribution in [3.8, 4) is 0 Å². The van der Waals surface area contributed by atoms with Gasteiger partial charge >= 0.3 is 0 Å². The molecular formula is C21H28N4O3S. The fourth-order valence-electron chi connectivity index (χ4n) is 3.69. The van der Waals surface area contributed by atoms with Crippen molar-refractivity contribution in [2.45, 2.75) is 63.2 Å². The summed E-state index contributed by atoms with van der Waals surface area (Å²) in [7, 11) is 0. The number of hydrogen-bond acceptors (Lipinski definition) is 5. The van der Waals surface area contributed by atoms with Crippen LogP contribution in [0.1, 0.15) is 52.0 Å². The van der Waals surface area contributed by atoms with Gasteiger partial charge in [0.15, 0.2) is 5.16 Å². The van der Waals surface area contributed by atoms with Gasteiger partial charge in [0.1, 0.15) is 6.04 Å². The minimum atomic E-state index is -0.604. The van der Waals surface area contributed by atoms with E-state index in [1.165, 1.54) is 18.2 Å². The summed E-state index contributed by atoms with van der Waals surface area (Å²) in [5, 5.41) is 6.56. The predicted octanol–water partition coefficient (Wildman–Crippen LogP) is 2.63. The zero-order valence-electron chi connectivity index (χ0n) is 16.9. The average molecular weight is 417 g/mol. The van der Waals surface area contributed by atoms with E-state index in [2.05, 4.69) is 10.6 Å². The molecule has 0 spiro atoms. The smallest absolute Gasteiger partial charge is 0.262 e. The van der Waals surface area contributed by atoms with Crippen molar-refractivity contribution in [3.63, 3.8) is 0 Å². The molecule has 8 heteroatoms. The van der Waals surface area contributed by atoms with Gasteiger partial charge in [0.2, 0.25) is 11.8 Å². The lowest BCUT2D eigenvalue weighted by Crippen LogP contribution is -2.45. The Hall–Kier alpha value is -2.35. The predicted molar refractivity (Wildman–Crippen MR) is 115 cm³/mol. The van der Waals surface area contributed by atoms with Crippen molar-refractivity contribution in [3.05, 3.63) is 34.6 Å². The Morgan fingerprint density at radius 1 is 1.24 bits per heavy atom. The average Bonchev–Trinajstić information content (AvgIpc) is 2.73. The number of rotatable bonds is 7. The lowest BCUT2D eigenvalue weighted by molar-refractivity contribution is -0.127. The number of likely N-dealkylation sites (N-methyl/N-ethyl adjacent to an activating group) is 1. The monoisotopic (exact) mass is 416 g/mol. The molecule has 1 atom stereocenters. The van der Waals surface area contributed by atoms with Gasteiger partial charge < -0.3 is 10.6 Å². The zero-order chi connectivity index (χ0) is 20.8. The maximum absolute atomic E-state index is 13.2. The van der Waals surface area contributed by atoms with Crippen molar-refractivity contribution < 1.29 is 9.59 Å². The largest absolute Gasteiger partial charge is 0.355 e. The summed E-state index contributed by atoms with van der Waals surface area (Å²) in [5.74, 6) is -0.374. The third-order valence-electron chi connectivity index (χ3n) is 5.17. The third-order valence-corrected chi connectivity index (χ3v) is 6.12. The zero-order valence-corrected chi connectivity index (χ0v) is 17.8. The number of fused-ring (bicyclic) bond motifs is 1. The van der Waals surface area contributed by atoms with E-state index in [4.69, 9.17) is 4.98 Å². The van der Waals surface area contributed by atoms with Gasteiger partial charge in [0.25, 0.3) is 5.56 Å². The van der Waals surface area contributed by atoms with Gasteiger partial charge in [-0.25, -0.2) is 4.98 Å². The molecule has 3 rings (SSSR count). The second kappa shape index (κ2) is 9.91. The first-order valence-electron chi connectivity index (χ1n) is 10.2. The summed E-state index contributed by atoms with van der Waals surface area (Å²) in [6.07, 6.45) is 5.29. The van der Waals surface area contributed by atoms with Crippen LogP contribution in [0.5, 0.6) is 0 Å². The van der Waals surface area contributed by atoms with Gasteiger partial charge in [-0.15, -0.1) is 0 Å². The molecular weight excluding hydrogens is 388 g/mol. The van der Waals surface area contributed by atoms with Crippen molar-refractivity contribution in [2.24, 2.45) is 0 Å². The Morgan fingerprint density at radius 2 is 1.97 bits per heavy atom. The molecule has 7 nitrogen and oxygen atoms in total. The van der Waals surface area contributed by atoms with Crippen LogP contribution in [0.2, 0.25) is 0 Å². The van der Waals surface area contributed by atoms with Crippen molar-refractivity contribution in [1.82, 2.24) is 20.2 Å². The summed E-state index contributed by atoms with van der Waals surface area (Å²) in [6, 6.07) is 6.85. The molecule has 29 heavy (non-hydrogen) atoms. The maximum Gasteiger partial charge on any atom is 0.262 e. The molecule has 2 amide bonds. The van der Waals surface area contributed by atoms with Crippen LogP contribution >= 0.6 is 11.8 Å². The quantitative estimate of drug-likeness (QED) is 0.535. The molecule has 1 heterocycles. The number of para-hydroxylation sites is 1. The molecule has 1 aliphatic rings. The van der Waals surface area contributed by atoms with E-state index in [-0.39, 0.29) is 29.2 Å². The van der Waals surface area contributed by atoms with Crippen LogP contribution < -0.4 is 16.2 Å². The van der Waals surface area contributed by atoms with Gasteiger partial charge in [0, 0.05) is 12.6 Å². The normalized spacial score (nSPS) is 15.8. The van der Waals surface area contributed by atoms with Crippen molar-refractivity contribution >= 4 is 34.5 Å². The second-order valence-electron chi connectivity index (χ2n) is 7.35. The first-order chi connectivity index (χ1) is 14.0. The molecule has 2 N–H and O–H groups in total. The molecule has 0 aliphatic heterocycles. The lowest BCUT2D eigenvalue weighted by atomic mass is 9.95. The van der Waals surface area contributed by atoms with Crippen LogP contribution in [0.25, 0.3) is 10.9 Å². The van der Waals surface area contributed by atoms with E-state index in [1.807, 2.05) is 25.1 Å². The standard InChI is InChI=1S/C21H28N4O3S/c1-3-22-19(27)14(2)23-18(26)13-29-21-24-17-12-8-7-11-16(17)20(28)25(21)15-9-5-4-6-10-15/h7-8,11-12,14-15H,3-6,9-10,13H2,1-2H3,(H,22,27)(H,23,26)/t14-/m0/s1. The topological polar surface area (TPSA) is 93.1 Å². The lowest BCUT2D eigenvalue weighted by Gasteiger charge is -2.26. The Balaban J connectivity index is 1.81.